The topological polar surface area (TPSA) is 94.3 Å². The van der Waals surface area contributed by atoms with Crippen molar-refractivity contribution in [1.29, 1.82) is 0 Å². The number of nitrogens with one attached hydrogen (secondary N) is 1. The minimum Gasteiger partial charge on any atom is -0.272 e. The van der Waals surface area contributed by atoms with E-state index in [4.69, 9.17) is 9.98 Å². The van der Waals surface area contributed by atoms with Crippen LogP contribution in [-0.2, 0) is 14.9 Å². The van der Waals surface area contributed by atoms with E-state index in [1.165, 1.54) is 6.20 Å². The lowest BCUT2D eigenvalue weighted by Gasteiger charge is -2.06. The van der Waals surface area contributed by atoms with Crippen molar-refractivity contribution in [2.24, 2.45) is 5.14 Å². The van der Waals surface area contributed by atoms with Crippen molar-refractivity contribution in [1.82, 2.24) is 10.5 Å². The van der Waals surface area contributed by atoms with Gasteiger partial charge in [-0.15, -0.1) is 0 Å². The van der Waals surface area contributed by atoms with Crippen molar-refractivity contribution in [2.75, 3.05) is 6.61 Å². The summed E-state index contributed by atoms with van der Waals surface area (Å²) in [4.78, 5) is 8.62. The number of hydrogen-bond acceptors (Lipinski definition) is 5. The van der Waals surface area contributed by atoms with Gasteiger partial charge in [0, 0.05) is 11.8 Å². The summed E-state index contributed by atoms with van der Waals surface area (Å²) in [5, 5.41) is 4.88. The molecule has 2 rings (SSSR count). The Bertz CT molecular complexity index is 510. The summed E-state index contributed by atoms with van der Waals surface area (Å²) in [7, 11) is -3.82. The van der Waals surface area contributed by atoms with E-state index in [2.05, 4.69) is 10.5 Å². The van der Waals surface area contributed by atoms with Crippen molar-refractivity contribution in [3.63, 3.8) is 0 Å². The Morgan fingerprint density at radius 2 is 2.33 bits per heavy atom. The van der Waals surface area contributed by atoms with Crippen LogP contribution in [0.25, 0.3) is 5.70 Å². The van der Waals surface area contributed by atoms with Crippen molar-refractivity contribution in [3.05, 3.63) is 30.0 Å². The molecule has 0 bridgehead atoms. The average Bonchev–Trinajstić information content (AvgIpc) is 2.69. The fourth-order valence-electron chi connectivity index (χ4n) is 1.27. The van der Waals surface area contributed by atoms with Gasteiger partial charge in [-0.05, 0) is 18.2 Å². The van der Waals surface area contributed by atoms with E-state index in [1.54, 1.807) is 18.2 Å². The summed E-state index contributed by atoms with van der Waals surface area (Å²) < 4.78 is 22.5. The highest BCUT2D eigenvalue weighted by atomic mass is 32.2. The largest absolute Gasteiger partial charge is 0.272 e. The molecule has 80 valence electrons. The monoisotopic (exact) mass is 227 g/mol. The van der Waals surface area contributed by atoms with Crippen LogP contribution in [0, 0.1) is 0 Å². The minimum atomic E-state index is -3.82. The molecule has 0 radical (unpaired) electrons. The van der Waals surface area contributed by atoms with Crippen LogP contribution < -0.4 is 10.6 Å². The first-order valence-corrected chi connectivity index (χ1v) is 5.70. The molecule has 0 saturated carbocycles. The standard InChI is InChI=1S/C8H9N3O3S/c9-15(12,13)8-6(2-1-4-10-8)7-3-5-14-11-7/h1-4,11H,5H2,(H2,9,12,13). The molecule has 0 fully saturated rings. The number of rotatable bonds is 2. The predicted octanol–water partition coefficient (Wildman–Crippen LogP) is -0.395. The van der Waals surface area contributed by atoms with Gasteiger partial charge in [-0.25, -0.2) is 18.5 Å². The van der Waals surface area contributed by atoms with E-state index in [9.17, 15) is 8.42 Å². The maximum absolute atomic E-state index is 11.2. The van der Waals surface area contributed by atoms with Crippen LogP contribution in [0.5, 0.6) is 0 Å². The minimum absolute atomic E-state index is 0.158. The number of hydrogen-bond donors (Lipinski definition) is 2. The Hall–Kier alpha value is -1.44. The number of nitrogens with two attached hydrogens (primary N) is 1. The van der Waals surface area contributed by atoms with Crippen LogP contribution in [0.2, 0.25) is 0 Å². The van der Waals surface area contributed by atoms with Gasteiger partial charge in [0.05, 0.1) is 12.3 Å². The van der Waals surface area contributed by atoms with E-state index in [-0.39, 0.29) is 5.03 Å². The van der Waals surface area contributed by atoms with Crippen molar-refractivity contribution >= 4 is 15.7 Å². The van der Waals surface area contributed by atoms with E-state index in [0.717, 1.165) is 0 Å². The van der Waals surface area contributed by atoms with Crippen molar-refractivity contribution in [2.45, 2.75) is 5.03 Å². The molecule has 0 aromatic carbocycles. The molecule has 15 heavy (non-hydrogen) atoms. The van der Waals surface area contributed by atoms with Crippen LogP contribution in [0.15, 0.2) is 29.4 Å². The highest BCUT2D eigenvalue weighted by Gasteiger charge is 2.19. The highest BCUT2D eigenvalue weighted by molar-refractivity contribution is 7.89. The average molecular weight is 227 g/mol. The third kappa shape index (κ3) is 1.99. The molecule has 1 aliphatic rings. The van der Waals surface area contributed by atoms with E-state index in [1.807, 2.05) is 0 Å². The number of pyridine rings is 1. The summed E-state index contributed by atoms with van der Waals surface area (Å²) in [6, 6.07) is 3.24. The molecular weight excluding hydrogens is 218 g/mol. The van der Waals surface area contributed by atoms with Gasteiger partial charge in [-0.1, -0.05) is 0 Å². The molecule has 2 heterocycles. The van der Waals surface area contributed by atoms with Gasteiger partial charge in [0.15, 0.2) is 5.03 Å². The van der Waals surface area contributed by atoms with E-state index in [0.29, 0.717) is 17.9 Å². The zero-order valence-corrected chi connectivity index (χ0v) is 8.49. The lowest BCUT2D eigenvalue weighted by atomic mass is 10.2. The molecular formula is C8H9N3O3S. The molecule has 1 aliphatic heterocycles. The second-order valence-electron chi connectivity index (χ2n) is 2.93. The van der Waals surface area contributed by atoms with Gasteiger partial charge >= 0.3 is 0 Å². The molecule has 3 N–H and O–H groups in total. The molecule has 0 atom stereocenters. The van der Waals surface area contributed by atoms with Gasteiger partial charge in [0.25, 0.3) is 10.0 Å². The van der Waals surface area contributed by atoms with Gasteiger partial charge in [0.1, 0.15) is 0 Å². The molecule has 0 unspecified atom stereocenters. The maximum atomic E-state index is 11.2. The smallest absolute Gasteiger partial charge is 0.256 e. The third-order valence-corrected chi connectivity index (χ3v) is 2.75. The second-order valence-corrected chi connectivity index (χ2v) is 4.41. The van der Waals surface area contributed by atoms with Crippen molar-refractivity contribution in [3.8, 4) is 0 Å². The van der Waals surface area contributed by atoms with Gasteiger partial charge in [-0.3, -0.25) is 10.3 Å². The molecule has 0 saturated heterocycles. The van der Waals surface area contributed by atoms with E-state index >= 15 is 0 Å². The maximum Gasteiger partial charge on any atom is 0.256 e. The molecule has 0 spiro atoms. The SMILES string of the molecule is NS(=O)(=O)c1ncccc1C1=CCON1. The molecule has 6 nitrogen and oxygen atoms in total. The molecule has 1 aromatic heterocycles. The Balaban J connectivity index is 2.56. The lowest BCUT2D eigenvalue weighted by Crippen LogP contribution is -2.18. The van der Waals surface area contributed by atoms with Gasteiger partial charge < -0.3 is 0 Å². The first-order chi connectivity index (χ1) is 7.09. The summed E-state index contributed by atoms with van der Waals surface area (Å²) in [6.07, 6.45) is 3.09. The Morgan fingerprint density at radius 1 is 1.53 bits per heavy atom. The quantitative estimate of drug-likeness (QED) is 0.717. The summed E-state index contributed by atoms with van der Waals surface area (Å²) in [6.45, 7) is 0.383. The van der Waals surface area contributed by atoms with E-state index < -0.39 is 10.0 Å². The van der Waals surface area contributed by atoms with Crippen LogP contribution in [-0.4, -0.2) is 20.0 Å². The summed E-state index contributed by atoms with van der Waals surface area (Å²) >= 11 is 0. The van der Waals surface area contributed by atoms with Crippen LogP contribution in [0.3, 0.4) is 0 Å². The number of nitrogens with zero attached hydrogens (tertiary/aromatic N) is 1. The zero-order valence-electron chi connectivity index (χ0n) is 7.67. The van der Waals surface area contributed by atoms with Gasteiger partial charge in [-0.2, -0.15) is 0 Å². The fraction of sp³-hybridized carbons (Fsp3) is 0.125. The third-order valence-electron chi connectivity index (χ3n) is 1.88. The molecule has 7 heteroatoms. The number of primary sulfonamides is 1. The zero-order chi connectivity index (χ0) is 10.9. The molecule has 0 amide bonds. The van der Waals surface area contributed by atoms with Gasteiger partial charge in [0.2, 0.25) is 0 Å². The Kier molecular flexibility index (Phi) is 2.43. The number of hydroxylamine groups is 1. The fourth-order valence-corrected chi connectivity index (χ4v) is 1.97. The predicted molar refractivity (Wildman–Crippen MR) is 52.7 cm³/mol. The molecule has 1 aromatic rings. The van der Waals surface area contributed by atoms with Crippen LogP contribution in [0.1, 0.15) is 5.56 Å². The lowest BCUT2D eigenvalue weighted by molar-refractivity contribution is 0.121. The first-order valence-electron chi connectivity index (χ1n) is 4.15. The normalized spacial score (nSPS) is 15.9. The van der Waals surface area contributed by atoms with Crippen LogP contribution >= 0.6 is 0 Å². The summed E-state index contributed by atoms with van der Waals surface area (Å²) in [5.41, 5.74) is 3.56. The first kappa shape index (κ1) is 10.1. The Morgan fingerprint density at radius 3 is 2.93 bits per heavy atom. The second kappa shape index (κ2) is 3.61. The Labute approximate surface area is 86.8 Å². The van der Waals surface area contributed by atoms with Crippen LogP contribution in [0.4, 0.5) is 0 Å². The number of aromatic nitrogens is 1. The number of sulfonamides is 1. The summed E-state index contributed by atoms with van der Waals surface area (Å²) in [5.74, 6) is 0. The molecule has 0 aliphatic carbocycles. The van der Waals surface area contributed by atoms with Crippen molar-refractivity contribution < 1.29 is 13.3 Å². The highest BCUT2D eigenvalue weighted by Crippen LogP contribution is 2.20.